The highest BCUT2D eigenvalue weighted by Gasteiger charge is 2.06. The number of ether oxygens (including phenoxy) is 1. The highest BCUT2D eigenvalue weighted by Crippen LogP contribution is 2.29. The van der Waals surface area contributed by atoms with E-state index >= 15 is 0 Å². The largest absolute Gasteiger partial charge is 0.495 e. The lowest BCUT2D eigenvalue weighted by Gasteiger charge is -2.05. The van der Waals surface area contributed by atoms with E-state index in [-0.39, 0.29) is 0 Å². The van der Waals surface area contributed by atoms with Gasteiger partial charge in [0.25, 0.3) is 0 Å². The van der Waals surface area contributed by atoms with E-state index < -0.39 is 0 Å². The SMILES string of the molecule is CCc1nc(-c2ccc(OC)c(N)c2)cs1. The Morgan fingerprint density at radius 2 is 2.25 bits per heavy atom. The maximum atomic E-state index is 5.86. The van der Waals surface area contributed by atoms with Crippen LogP contribution in [0.4, 0.5) is 5.69 Å². The van der Waals surface area contributed by atoms with Gasteiger partial charge in [0.2, 0.25) is 0 Å². The van der Waals surface area contributed by atoms with Crippen LogP contribution in [0.15, 0.2) is 23.6 Å². The zero-order valence-corrected chi connectivity index (χ0v) is 10.2. The van der Waals surface area contributed by atoms with E-state index in [1.54, 1.807) is 18.4 Å². The lowest BCUT2D eigenvalue weighted by molar-refractivity contribution is 0.417. The smallest absolute Gasteiger partial charge is 0.141 e. The molecule has 0 aliphatic heterocycles. The van der Waals surface area contributed by atoms with Gasteiger partial charge in [0, 0.05) is 10.9 Å². The molecule has 0 fully saturated rings. The fourth-order valence-corrected chi connectivity index (χ4v) is 2.25. The molecule has 3 nitrogen and oxygen atoms in total. The first-order valence-electron chi connectivity index (χ1n) is 5.13. The van der Waals surface area contributed by atoms with Crippen molar-refractivity contribution in [1.29, 1.82) is 0 Å². The van der Waals surface area contributed by atoms with Crippen molar-refractivity contribution in [2.75, 3.05) is 12.8 Å². The van der Waals surface area contributed by atoms with Crippen LogP contribution in [0.2, 0.25) is 0 Å². The van der Waals surface area contributed by atoms with Crippen LogP contribution < -0.4 is 10.5 Å². The van der Waals surface area contributed by atoms with Gasteiger partial charge in [-0.1, -0.05) is 6.92 Å². The second-order valence-electron chi connectivity index (χ2n) is 3.44. The van der Waals surface area contributed by atoms with Gasteiger partial charge in [-0.15, -0.1) is 11.3 Å². The molecule has 84 valence electrons. The van der Waals surface area contributed by atoms with Crippen molar-refractivity contribution in [3.05, 3.63) is 28.6 Å². The minimum absolute atomic E-state index is 0.644. The Bertz CT molecular complexity index is 494. The van der Waals surface area contributed by atoms with Crippen molar-refractivity contribution in [3.8, 4) is 17.0 Å². The molecular weight excluding hydrogens is 220 g/mol. The summed E-state index contributed by atoms with van der Waals surface area (Å²) in [5.74, 6) is 0.703. The summed E-state index contributed by atoms with van der Waals surface area (Å²) in [6.45, 7) is 2.10. The number of aryl methyl sites for hydroxylation is 1. The molecule has 0 bridgehead atoms. The molecule has 2 rings (SSSR count). The first-order valence-corrected chi connectivity index (χ1v) is 6.01. The van der Waals surface area contributed by atoms with Crippen LogP contribution in [0.3, 0.4) is 0 Å². The van der Waals surface area contributed by atoms with Gasteiger partial charge in [-0.25, -0.2) is 4.98 Å². The minimum atomic E-state index is 0.644. The Morgan fingerprint density at radius 1 is 1.44 bits per heavy atom. The average Bonchev–Trinajstić information content (AvgIpc) is 2.77. The minimum Gasteiger partial charge on any atom is -0.495 e. The van der Waals surface area contributed by atoms with Gasteiger partial charge in [0.15, 0.2) is 0 Å². The summed E-state index contributed by atoms with van der Waals surface area (Å²) in [4.78, 5) is 4.52. The fourth-order valence-electron chi connectivity index (χ4n) is 1.50. The molecule has 0 amide bonds. The quantitative estimate of drug-likeness (QED) is 0.831. The van der Waals surface area contributed by atoms with Gasteiger partial charge in [-0.05, 0) is 24.6 Å². The van der Waals surface area contributed by atoms with Crippen LogP contribution in [0.1, 0.15) is 11.9 Å². The molecule has 0 atom stereocenters. The third-order valence-corrected chi connectivity index (χ3v) is 3.37. The molecule has 0 saturated carbocycles. The van der Waals surface area contributed by atoms with Crippen LogP contribution >= 0.6 is 11.3 Å². The number of rotatable bonds is 3. The van der Waals surface area contributed by atoms with Crippen LogP contribution in [0.5, 0.6) is 5.75 Å². The number of aromatic nitrogens is 1. The van der Waals surface area contributed by atoms with Gasteiger partial charge in [0.1, 0.15) is 5.75 Å². The summed E-state index contributed by atoms with van der Waals surface area (Å²) in [7, 11) is 1.61. The monoisotopic (exact) mass is 234 g/mol. The number of benzene rings is 1. The molecule has 2 N–H and O–H groups in total. The van der Waals surface area contributed by atoms with Gasteiger partial charge in [0.05, 0.1) is 23.5 Å². The summed E-state index contributed by atoms with van der Waals surface area (Å²) < 4.78 is 5.12. The van der Waals surface area contributed by atoms with Crippen molar-refractivity contribution in [2.45, 2.75) is 13.3 Å². The maximum Gasteiger partial charge on any atom is 0.141 e. The van der Waals surface area contributed by atoms with Gasteiger partial charge in [-0.3, -0.25) is 0 Å². The van der Waals surface area contributed by atoms with Crippen molar-refractivity contribution < 1.29 is 4.74 Å². The van der Waals surface area contributed by atoms with Crippen LogP contribution in [0.25, 0.3) is 11.3 Å². The lowest BCUT2D eigenvalue weighted by atomic mass is 10.1. The van der Waals surface area contributed by atoms with E-state index in [9.17, 15) is 0 Å². The highest BCUT2D eigenvalue weighted by atomic mass is 32.1. The second-order valence-corrected chi connectivity index (χ2v) is 4.38. The Morgan fingerprint density at radius 3 is 2.81 bits per heavy atom. The van der Waals surface area contributed by atoms with Crippen LogP contribution in [-0.2, 0) is 6.42 Å². The summed E-state index contributed by atoms with van der Waals surface area (Å²) in [5, 5.41) is 3.20. The van der Waals surface area contributed by atoms with E-state index in [1.807, 2.05) is 18.2 Å². The van der Waals surface area contributed by atoms with E-state index in [0.29, 0.717) is 11.4 Å². The zero-order valence-electron chi connectivity index (χ0n) is 9.36. The topological polar surface area (TPSA) is 48.1 Å². The number of anilines is 1. The van der Waals surface area contributed by atoms with Crippen molar-refractivity contribution in [1.82, 2.24) is 4.98 Å². The standard InChI is InChI=1S/C12H14N2OS/c1-3-12-14-10(7-16-12)8-4-5-11(15-2)9(13)6-8/h4-7H,3,13H2,1-2H3. The fraction of sp³-hybridized carbons (Fsp3) is 0.250. The zero-order chi connectivity index (χ0) is 11.5. The molecule has 1 heterocycles. The van der Waals surface area contributed by atoms with Crippen LogP contribution in [-0.4, -0.2) is 12.1 Å². The molecular formula is C12H14N2OS. The number of nitrogens with two attached hydrogens (primary N) is 1. The molecule has 0 aliphatic carbocycles. The Hall–Kier alpha value is -1.55. The number of methoxy groups -OCH3 is 1. The molecule has 0 saturated heterocycles. The molecule has 0 unspecified atom stereocenters. The van der Waals surface area contributed by atoms with Crippen molar-refractivity contribution in [3.63, 3.8) is 0 Å². The number of thiazole rings is 1. The van der Waals surface area contributed by atoms with Crippen molar-refractivity contribution >= 4 is 17.0 Å². The van der Waals surface area contributed by atoms with Gasteiger partial charge in [-0.2, -0.15) is 0 Å². The van der Waals surface area contributed by atoms with Gasteiger partial charge >= 0.3 is 0 Å². The molecule has 1 aromatic carbocycles. The molecule has 4 heteroatoms. The van der Waals surface area contributed by atoms with Gasteiger partial charge < -0.3 is 10.5 Å². The van der Waals surface area contributed by atoms with Crippen molar-refractivity contribution in [2.24, 2.45) is 0 Å². The average molecular weight is 234 g/mol. The Labute approximate surface area is 98.9 Å². The predicted octanol–water partition coefficient (Wildman–Crippen LogP) is 2.96. The Balaban J connectivity index is 2.37. The highest BCUT2D eigenvalue weighted by molar-refractivity contribution is 7.09. The molecule has 0 spiro atoms. The first-order chi connectivity index (χ1) is 7.74. The second kappa shape index (κ2) is 4.53. The van der Waals surface area contributed by atoms with E-state index in [0.717, 1.165) is 22.7 Å². The molecule has 0 aliphatic rings. The predicted molar refractivity (Wildman–Crippen MR) is 67.9 cm³/mol. The summed E-state index contributed by atoms with van der Waals surface area (Å²) in [6.07, 6.45) is 0.969. The molecule has 16 heavy (non-hydrogen) atoms. The van der Waals surface area contributed by atoms with E-state index in [4.69, 9.17) is 10.5 Å². The first kappa shape index (κ1) is 11.0. The van der Waals surface area contributed by atoms with E-state index in [2.05, 4.69) is 17.3 Å². The number of hydrogen-bond donors (Lipinski definition) is 1. The van der Waals surface area contributed by atoms with Crippen LogP contribution in [0, 0.1) is 0 Å². The summed E-state index contributed by atoms with van der Waals surface area (Å²) >= 11 is 1.68. The third kappa shape index (κ3) is 2.02. The molecule has 2 aromatic rings. The van der Waals surface area contributed by atoms with E-state index in [1.165, 1.54) is 0 Å². The number of hydrogen-bond acceptors (Lipinski definition) is 4. The maximum absolute atomic E-state index is 5.86. The summed E-state index contributed by atoms with van der Waals surface area (Å²) in [5.41, 5.74) is 8.52. The molecule has 1 aromatic heterocycles. The normalized spacial score (nSPS) is 10.4. The third-order valence-electron chi connectivity index (χ3n) is 2.38. The number of nitrogen functional groups attached to an aromatic ring is 1. The summed E-state index contributed by atoms with van der Waals surface area (Å²) in [6, 6.07) is 5.74. The molecule has 0 radical (unpaired) electrons. The lowest BCUT2D eigenvalue weighted by Crippen LogP contribution is -1.92. The number of nitrogens with zero attached hydrogens (tertiary/aromatic N) is 1. The Kier molecular flexibility index (Phi) is 3.10.